The molecule has 0 radical (unpaired) electrons. The Bertz CT molecular complexity index is 416. The van der Waals surface area contributed by atoms with Crippen molar-refractivity contribution in [1.82, 2.24) is 4.90 Å². The summed E-state index contributed by atoms with van der Waals surface area (Å²) < 4.78 is 5.72. The minimum atomic E-state index is 0.0613. The van der Waals surface area contributed by atoms with Gasteiger partial charge in [0, 0.05) is 6.54 Å². The van der Waals surface area contributed by atoms with Crippen LogP contribution in [0.1, 0.15) is 149 Å². The summed E-state index contributed by atoms with van der Waals surface area (Å²) >= 11 is 0. The van der Waals surface area contributed by atoms with E-state index in [2.05, 4.69) is 25.7 Å². The Kier molecular flexibility index (Phi) is 26.5. The monoisotopic (exact) mass is 483 g/mol. The predicted octanol–water partition coefficient (Wildman–Crippen LogP) is 8.30. The van der Waals surface area contributed by atoms with Crippen molar-refractivity contribution in [2.75, 3.05) is 32.8 Å². The summed E-state index contributed by atoms with van der Waals surface area (Å²) in [5.41, 5.74) is 0. The molecule has 0 heterocycles. The van der Waals surface area contributed by atoms with Crippen LogP contribution >= 0.6 is 0 Å². The second-order valence-electron chi connectivity index (χ2n) is 10.3. The Hall–Kier alpha value is -0.610. The number of aliphatic hydroxyl groups is 1. The maximum Gasteiger partial charge on any atom is 0.308 e. The van der Waals surface area contributed by atoms with Crippen LogP contribution in [0.2, 0.25) is 0 Å². The molecular weight excluding hydrogens is 422 g/mol. The van der Waals surface area contributed by atoms with Gasteiger partial charge in [-0.2, -0.15) is 0 Å². The second kappa shape index (κ2) is 27.0. The van der Waals surface area contributed by atoms with E-state index in [1.807, 2.05) is 0 Å². The highest BCUT2D eigenvalue weighted by Gasteiger charge is 2.19. The molecule has 0 aliphatic carbocycles. The van der Waals surface area contributed by atoms with Crippen LogP contribution in [-0.4, -0.2) is 48.8 Å². The standard InChI is InChI=1S/C30H61NO3/c1-4-7-10-13-14-18-23-29(22-17-11-8-5-2)30(33)34-28-21-16-15-20-25-31(26-27-32)24-19-12-9-6-3/h29,32H,4-28H2,1-3H3. The molecule has 0 rings (SSSR count). The number of carbonyl (C=O) groups excluding carboxylic acids is 1. The smallest absolute Gasteiger partial charge is 0.308 e. The molecule has 1 N–H and O–H groups in total. The highest BCUT2D eigenvalue weighted by atomic mass is 16.5. The number of unbranched alkanes of at least 4 members (excludes halogenated alkanes) is 14. The van der Waals surface area contributed by atoms with E-state index in [0.29, 0.717) is 6.61 Å². The van der Waals surface area contributed by atoms with Crippen LogP contribution in [0.5, 0.6) is 0 Å². The fourth-order valence-corrected chi connectivity index (χ4v) is 4.69. The molecule has 204 valence electrons. The first-order valence-electron chi connectivity index (χ1n) is 15.2. The zero-order valence-electron chi connectivity index (χ0n) is 23.5. The van der Waals surface area contributed by atoms with Crippen LogP contribution < -0.4 is 0 Å². The number of nitrogens with zero attached hydrogens (tertiary/aromatic N) is 1. The van der Waals surface area contributed by atoms with Gasteiger partial charge >= 0.3 is 5.97 Å². The molecular formula is C30H61NO3. The van der Waals surface area contributed by atoms with E-state index in [4.69, 9.17) is 4.74 Å². The van der Waals surface area contributed by atoms with Crippen LogP contribution in [0.4, 0.5) is 0 Å². The zero-order valence-corrected chi connectivity index (χ0v) is 23.5. The molecule has 0 saturated heterocycles. The van der Waals surface area contributed by atoms with Gasteiger partial charge in [-0.15, -0.1) is 0 Å². The quantitative estimate of drug-likeness (QED) is 0.0942. The molecule has 0 amide bonds. The van der Waals surface area contributed by atoms with Crippen molar-refractivity contribution in [3.05, 3.63) is 0 Å². The van der Waals surface area contributed by atoms with Crippen LogP contribution in [0.3, 0.4) is 0 Å². The minimum Gasteiger partial charge on any atom is -0.465 e. The number of esters is 1. The van der Waals surface area contributed by atoms with E-state index in [-0.39, 0.29) is 18.5 Å². The summed E-state index contributed by atoms with van der Waals surface area (Å²) in [6.07, 6.45) is 24.1. The number of aliphatic hydroxyl groups excluding tert-OH is 1. The lowest BCUT2D eigenvalue weighted by atomic mass is 9.94. The number of carbonyl (C=O) groups is 1. The molecule has 4 heteroatoms. The molecule has 0 spiro atoms. The molecule has 0 aromatic heterocycles. The molecule has 4 nitrogen and oxygen atoms in total. The summed E-state index contributed by atoms with van der Waals surface area (Å²) in [5, 5.41) is 9.30. The van der Waals surface area contributed by atoms with E-state index < -0.39 is 0 Å². The Balaban J connectivity index is 4.03. The van der Waals surface area contributed by atoms with Crippen molar-refractivity contribution in [2.45, 2.75) is 149 Å². The molecule has 0 saturated carbocycles. The van der Waals surface area contributed by atoms with Gasteiger partial charge in [-0.1, -0.05) is 117 Å². The Morgan fingerprint density at radius 2 is 1.06 bits per heavy atom. The molecule has 0 aliphatic heterocycles. The first-order chi connectivity index (χ1) is 16.7. The molecule has 0 aromatic carbocycles. The van der Waals surface area contributed by atoms with E-state index in [0.717, 1.165) is 51.7 Å². The molecule has 0 bridgehead atoms. The van der Waals surface area contributed by atoms with E-state index >= 15 is 0 Å². The third-order valence-corrected chi connectivity index (χ3v) is 7.00. The van der Waals surface area contributed by atoms with Gasteiger partial charge in [-0.05, 0) is 45.2 Å². The van der Waals surface area contributed by atoms with Gasteiger partial charge in [-0.25, -0.2) is 0 Å². The SMILES string of the molecule is CCCCCCCCC(CCCCCC)C(=O)OCCCCCCN(CCO)CCCCCC. The van der Waals surface area contributed by atoms with Crippen molar-refractivity contribution in [1.29, 1.82) is 0 Å². The average Bonchev–Trinajstić information content (AvgIpc) is 2.84. The van der Waals surface area contributed by atoms with Gasteiger partial charge in [0.15, 0.2) is 0 Å². The van der Waals surface area contributed by atoms with Crippen LogP contribution in [0.15, 0.2) is 0 Å². The largest absolute Gasteiger partial charge is 0.465 e. The van der Waals surface area contributed by atoms with Crippen molar-refractivity contribution < 1.29 is 14.6 Å². The number of hydrogen-bond donors (Lipinski definition) is 1. The Morgan fingerprint density at radius 1 is 0.618 bits per heavy atom. The third-order valence-electron chi connectivity index (χ3n) is 7.00. The summed E-state index contributed by atoms with van der Waals surface area (Å²) in [4.78, 5) is 15.1. The second-order valence-corrected chi connectivity index (χ2v) is 10.3. The predicted molar refractivity (Wildman–Crippen MR) is 147 cm³/mol. The van der Waals surface area contributed by atoms with E-state index in [1.54, 1.807) is 0 Å². The summed E-state index contributed by atoms with van der Waals surface area (Å²) in [6, 6.07) is 0. The van der Waals surface area contributed by atoms with Crippen molar-refractivity contribution in [2.24, 2.45) is 5.92 Å². The number of hydrogen-bond acceptors (Lipinski definition) is 4. The van der Waals surface area contributed by atoms with E-state index in [1.165, 1.54) is 96.3 Å². The molecule has 34 heavy (non-hydrogen) atoms. The Morgan fingerprint density at radius 3 is 1.62 bits per heavy atom. The third kappa shape index (κ3) is 21.9. The maximum absolute atomic E-state index is 12.7. The first-order valence-corrected chi connectivity index (χ1v) is 15.2. The molecule has 0 aromatic rings. The Labute approximate surface area is 213 Å². The van der Waals surface area contributed by atoms with Crippen molar-refractivity contribution >= 4 is 5.97 Å². The van der Waals surface area contributed by atoms with Crippen molar-refractivity contribution in [3.8, 4) is 0 Å². The molecule has 1 atom stereocenters. The summed E-state index contributed by atoms with van der Waals surface area (Å²) in [6.45, 7) is 10.5. The van der Waals surface area contributed by atoms with Crippen LogP contribution in [0, 0.1) is 5.92 Å². The first kappa shape index (κ1) is 33.4. The average molecular weight is 484 g/mol. The molecule has 0 fully saturated rings. The fourth-order valence-electron chi connectivity index (χ4n) is 4.69. The van der Waals surface area contributed by atoms with Crippen molar-refractivity contribution in [3.63, 3.8) is 0 Å². The lowest BCUT2D eigenvalue weighted by molar-refractivity contribution is -0.149. The summed E-state index contributed by atoms with van der Waals surface area (Å²) in [7, 11) is 0. The lowest BCUT2D eigenvalue weighted by Gasteiger charge is -2.21. The highest BCUT2D eigenvalue weighted by molar-refractivity contribution is 5.72. The zero-order chi connectivity index (χ0) is 25.1. The maximum atomic E-state index is 12.7. The van der Waals surface area contributed by atoms with E-state index in [9.17, 15) is 9.90 Å². The molecule has 0 aliphatic rings. The number of ether oxygens (including phenoxy) is 1. The highest BCUT2D eigenvalue weighted by Crippen LogP contribution is 2.20. The summed E-state index contributed by atoms with van der Waals surface area (Å²) in [5.74, 6) is 0.175. The van der Waals surface area contributed by atoms with Gasteiger partial charge in [0.25, 0.3) is 0 Å². The van der Waals surface area contributed by atoms with Gasteiger partial charge in [0.2, 0.25) is 0 Å². The normalized spacial score (nSPS) is 12.4. The van der Waals surface area contributed by atoms with Crippen LogP contribution in [0.25, 0.3) is 0 Å². The van der Waals surface area contributed by atoms with Gasteiger partial charge in [-0.3, -0.25) is 4.79 Å². The van der Waals surface area contributed by atoms with Crippen LogP contribution in [-0.2, 0) is 9.53 Å². The number of rotatable bonds is 27. The van der Waals surface area contributed by atoms with Gasteiger partial charge in [0.05, 0.1) is 19.1 Å². The van der Waals surface area contributed by atoms with Gasteiger partial charge in [0.1, 0.15) is 0 Å². The minimum absolute atomic E-state index is 0.0613. The fraction of sp³-hybridized carbons (Fsp3) is 0.967. The topological polar surface area (TPSA) is 49.8 Å². The lowest BCUT2D eigenvalue weighted by Crippen LogP contribution is -2.29. The van der Waals surface area contributed by atoms with Gasteiger partial charge < -0.3 is 14.7 Å². The molecule has 1 unspecified atom stereocenters.